The van der Waals surface area contributed by atoms with Crippen molar-refractivity contribution < 1.29 is 4.79 Å². The van der Waals surface area contributed by atoms with E-state index in [1.165, 1.54) is 5.56 Å². The highest BCUT2D eigenvalue weighted by Crippen LogP contribution is 2.17. The Balaban J connectivity index is 2.23. The Morgan fingerprint density at radius 1 is 1.04 bits per heavy atom. The average molecular weight is 326 g/mol. The Labute approximate surface area is 144 Å². The number of nitrogens with zero attached hydrogens (tertiary/aromatic N) is 3. The van der Waals surface area contributed by atoms with Crippen LogP contribution in [0, 0.1) is 13.8 Å². The van der Waals surface area contributed by atoms with Crippen molar-refractivity contribution in [1.29, 1.82) is 0 Å². The Kier molecular flexibility index (Phi) is 6.29. The van der Waals surface area contributed by atoms with E-state index in [1.807, 2.05) is 36.1 Å². The van der Waals surface area contributed by atoms with Crippen molar-refractivity contribution in [2.45, 2.75) is 40.5 Å². The third-order valence-electron chi connectivity index (χ3n) is 3.66. The molecule has 0 bridgehead atoms. The van der Waals surface area contributed by atoms with E-state index in [9.17, 15) is 4.79 Å². The van der Waals surface area contributed by atoms with Gasteiger partial charge in [-0.15, -0.1) is 0 Å². The number of hydrogen-bond acceptors (Lipinski definition) is 4. The molecule has 1 heterocycles. The van der Waals surface area contributed by atoms with Crippen LogP contribution in [-0.2, 0) is 0 Å². The summed E-state index contributed by atoms with van der Waals surface area (Å²) in [5.74, 6) is 1.20. The molecule has 0 spiro atoms. The van der Waals surface area contributed by atoms with Gasteiger partial charge in [-0.05, 0) is 38.8 Å². The average Bonchev–Trinajstić information content (AvgIpc) is 2.55. The molecule has 0 aliphatic heterocycles. The fraction of sp³-hybridized carbons (Fsp3) is 0.421. The second-order valence-corrected chi connectivity index (χ2v) is 5.97. The summed E-state index contributed by atoms with van der Waals surface area (Å²) in [6.07, 6.45) is 1.87. The maximum Gasteiger partial charge on any atom is 0.272 e. The standard InChI is InChI=1S/C19H26N4O/c1-5-11-23(12-6-2)19(24)17-13-18(21-15(4)20-17)22-16-9-7-14(3)8-10-16/h7-10,13H,5-6,11-12H2,1-4H3,(H,20,21,22). The largest absolute Gasteiger partial charge is 0.340 e. The third-order valence-corrected chi connectivity index (χ3v) is 3.66. The van der Waals surface area contributed by atoms with Crippen LogP contribution in [0.15, 0.2) is 30.3 Å². The van der Waals surface area contributed by atoms with Crippen LogP contribution in [-0.4, -0.2) is 33.9 Å². The van der Waals surface area contributed by atoms with Crippen LogP contribution >= 0.6 is 0 Å². The molecular formula is C19H26N4O. The number of benzene rings is 1. The first kappa shape index (κ1) is 17.9. The monoisotopic (exact) mass is 326 g/mol. The van der Waals surface area contributed by atoms with Gasteiger partial charge in [-0.25, -0.2) is 9.97 Å². The zero-order valence-corrected chi connectivity index (χ0v) is 15.0. The van der Waals surface area contributed by atoms with Gasteiger partial charge in [0.25, 0.3) is 5.91 Å². The van der Waals surface area contributed by atoms with Gasteiger partial charge in [-0.2, -0.15) is 0 Å². The van der Waals surface area contributed by atoms with Crippen molar-refractivity contribution in [3.63, 3.8) is 0 Å². The predicted molar refractivity (Wildman–Crippen MR) is 97.7 cm³/mol. The lowest BCUT2D eigenvalue weighted by atomic mass is 10.2. The normalized spacial score (nSPS) is 10.5. The van der Waals surface area contributed by atoms with Crippen LogP contribution in [0.25, 0.3) is 0 Å². The van der Waals surface area contributed by atoms with Crippen LogP contribution in [0.4, 0.5) is 11.5 Å². The van der Waals surface area contributed by atoms with E-state index < -0.39 is 0 Å². The van der Waals surface area contributed by atoms with Crippen molar-refractivity contribution in [3.8, 4) is 0 Å². The van der Waals surface area contributed by atoms with Gasteiger partial charge in [-0.1, -0.05) is 31.5 Å². The zero-order valence-electron chi connectivity index (χ0n) is 15.0. The smallest absolute Gasteiger partial charge is 0.272 e. The van der Waals surface area contributed by atoms with Gasteiger partial charge in [0.15, 0.2) is 0 Å². The van der Waals surface area contributed by atoms with Gasteiger partial charge in [-0.3, -0.25) is 4.79 Å². The molecule has 5 nitrogen and oxygen atoms in total. The molecule has 5 heteroatoms. The summed E-state index contributed by atoms with van der Waals surface area (Å²) in [5, 5.41) is 3.25. The molecule has 0 radical (unpaired) electrons. The van der Waals surface area contributed by atoms with E-state index in [-0.39, 0.29) is 5.91 Å². The van der Waals surface area contributed by atoms with Crippen LogP contribution in [0.1, 0.15) is 48.6 Å². The second-order valence-electron chi connectivity index (χ2n) is 5.97. The van der Waals surface area contributed by atoms with Gasteiger partial charge in [0, 0.05) is 24.8 Å². The van der Waals surface area contributed by atoms with Crippen LogP contribution in [0.5, 0.6) is 0 Å². The van der Waals surface area contributed by atoms with Gasteiger partial charge in [0.1, 0.15) is 17.3 Å². The minimum Gasteiger partial charge on any atom is -0.340 e. The summed E-state index contributed by atoms with van der Waals surface area (Å²) in [5.41, 5.74) is 2.58. The highest BCUT2D eigenvalue weighted by atomic mass is 16.2. The van der Waals surface area contributed by atoms with Gasteiger partial charge in [0.2, 0.25) is 0 Å². The molecule has 1 amide bonds. The number of carbonyl (C=O) groups excluding carboxylic acids is 1. The maximum absolute atomic E-state index is 12.7. The number of aryl methyl sites for hydroxylation is 2. The number of carbonyl (C=O) groups is 1. The Hall–Kier alpha value is -2.43. The summed E-state index contributed by atoms with van der Waals surface area (Å²) in [6.45, 7) is 9.50. The number of anilines is 2. The quantitative estimate of drug-likeness (QED) is 0.832. The summed E-state index contributed by atoms with van der Waals surface area (Å²) in [4.78, 5) is 23.3. The lowest BCUT2D eigenvalue weighted by Gasteiger charge is -2.21. The van der Waals surface area contributed by atoms with E-state index in [0.717, 1.165) is 31.6 Å². The Morgan fingerprint density at radius 2 is 1.67 bits per heavy atom. The molecule has 0 unspecified atom stereocenters. The highest BCUT2D eigenvalue weighted by molar-refractivity contribution is 5.93. The van der Waals surface area contributed by atoms with Crippen molar-refractivity contribution in [3.05, 3.63) is 47.4 Å². The molecule has 0 aliphatic carbocycles. The highest BCUT2D eigenvalue weighted by Gasteiger charge is 2.17. The molecule has 0 saturated carbocycles. The first-order valence-corrected chi connectivity index (χ1v) is 8.52. The minimum absolute atomic E-state index is 0.0313. The van der Waals surface area contributed by atoms with E-state index in [1.54, 1.807) is 13.0 Å². The second kappa shape index (κ2) is 8.43. The fourth-order valence-corrected chi connectivity index (χ4v) is 2.54. The number of aromatic nitrogens is 2. The van der Waals surface area contributed by atoms with Crippen molar-refractivity contribution in [2.75, 3.05) is 18.4 Å². The van der Waals surface area contributed by atoms with Crippen molar-refractivity contribution in [1.82, 2.24) is 14.9 Å². The molecule has 24 heavy (non-hydrogen) atoms. The molecule has 1 N–H and O–H groups in total. The van der Waals surface area contributed by atoms with Crippen LogP contribution in [0.3, 0.4) is 0 Å². The molecule has 0 fully saturated rings. The van der Waals surface area contributed by atoms with Crippen molar-refractivity contribution in [2.24, 2.45) is 0 Å². The minimum atomic E-state index is -0.0313. The fourth-order valence-electron chi connectivity index (χ4n) is 2.54. The number of rotatable bonds is 7. The number of hydrogen-bond donors (Lipinski definition) is 1. The van der Waals surface area contributed by atoms with E-state index >= 15 is 0 Å². The van der Waals surface area contributed by atoms with Crippen LogP contribution < -0.4 is 5.32 Å². The lowest BCUT2D eigenvalue weighted by molar-refractivity contribution is 0.0749. The molecule has 2 aromatic rings. The topological polar surface area (TPSA) is 58.1 Å². The molecule has 128 valence electrons. The molecule has 0 saturated heterocycles. The molecule has 2 rings (SSSR count). The number of amides is 1. The van der Waals surface area contributed by atoms with Gasteiger partial charge < -0.3 is 10.2 Å². The van der Waals surface area contributed by atoms with Crippen molar-refractivity contribution >= 4 is 17.4 Å². The van der Waals surface area contributed by atoms with E-state index in [4.69, 9.17) is 0 Å². The zero-order chi connectivity index (χ0) is 17.5. The van der Waals surface area contributed by atoms with Crippen LogP contribution in [0.2, 0.25) is 0 Å². The molecular weight excluding hydrogens is 300 g/mol. The SMILES string of the molecule is CCCN(CCC)C(=O)c1cc(Nc2ccc(C)cc2)nc(C)n1. The Morgan fingerprint density at radius 3 is 2.25 bits per heavy atom. The van der Waals surface area contributed by atoms with Gasteiger partial charge >= 0.3 is 0 Å². The summed E-state index contributed by atoms with van der Waals surface area (Å²) in [6, 6.07) is 9.79. The summed E-state index contributed by atoms with van der Waals surface area (Å²) < 4.78 is 0. The first-order chi connectivity index (χ1) is 11.5. The molecule has 0 atom stereocenters. The lowest BCUT2D eigenvalue weighted by Crippen LogP contribution is -2.33. The third kappa shape index (κ3) is 4.78. The molecule has 0 aliphatic rings. The predicted octanol–water partition coefficient (Wildman–Crippen LogP) is 4.10. The Bertz CT molecular complexity index is 676. The number of nitrogens with one attached hydrogen (secondary N) is 1. The van der Waals surface area contributed by atoms with E-state index in [0.29, 0.717) is 17.3 Å². The molecule has 1 aromatic carbocycles. The summed E-state index contributed by atoms with van der Waals surface area (Å²) >= 11 is 0. The first-order valence-electron chi connectivity index (χ1n) is 8.52. The molecule has 1 aromatic heterocycles. The van der Waals surface area contributed by atoms with E-state index in [2.05, 4.69) is 29.1 Å². The van der Waals surface area contributed by atoms with Gasteiger partial charge in [0.05, 0.1) is 0 Å². The maximum atomic E-state index is 12.7. The summed E-state index contributed by atoms with van der Waals surface area (Å²) in [7, 11) is 0.